The van der Waals surface area contributed by atoms with Gasteiger partial charge in [0.1, 0.15) is 29.3 Å². The number of thiophene rings is 1. The fourth-order valence-electron chi connectivity index (χ4n) is 8.95. The van der Waals surface area contributed by atoms with Gasteiger partial charge in [-0.2, -0.15) is 0 Å². The third kappa shape index (κ3) is 5.08. The van der Waals surface area contributed by atoms with Crippen LogP contribution in [0.2, 0.25) is 0 Å². The van der Waals surface area contributed by atoms with Crippen LogP contribution in [0.3, 0.4) is 0 Å². The van der Waals surface area contributed by atoms with Gasteiger partial charge in [0.05, 0.1) is 16.7 Å². The lowest BCUT2D eigenvalue weighted by Crippen LogP contribution is -2.44. The smallest absolute Gasteiger partial charge is 0.136 e. The number of benzene rings is 8. The average molecular weight is 751 g/mol. The van der Waals surface area contributed by atoms with E-state index in [1.807, 2.05) is 23.5 Å². The molecule has 0 fully saturated rings. The van der Waals surface area contributed by atoms with E-state index < -0.39 is 0 Å². The molecule has 6 heteroatoms. The van der Waals surface area contributed by atoms with Crippen molar-refractivity contribution < 1.29 is 4.42 Å². The summed E-state index contributed by atoms with van der Waals surface area (Å²) >= 11 is 1.86. The minimum atomic E-state index is -0.299. The normalized spacial score (nSPS) is 15.9. The number of amidine groups is 1. The zero-order valence-corrected chi connectivity index (χ0v) is 31.5. The van der Waals surface area contributed by atoms with Crippen molar-refractivity contribution in [1.82, 2.24) is 15.2 Å². The molecule has 5 nitrogen and oxygen atoms in total. The highest BCUT2D eigenvalue weighted by molar-refractivity contribution is 7.26. The first kappa shape index (κ1) is 32.3. The molecule has 0 amide bonds. The van der Waals surface area contributed by atoms with E-state index in [4.69, 9.17) is 9.41 Å². The molecule has 0 bridgehead atoms. The van der Waals surface area contributed by atoms with Gasteiger partial charge in [0.2, 0.25) is 0 Å². The molecule has 3 aromatic heterocycles. The minimum absolute atomic E-state index is 0.124. The van der Waals surface area contributed by atoms with Crippen LogP contribution in [0.4, 0.5) is 0 Å². The summed E-state index contributed by atoms with van der Waals surface area (Å²) in [5.41, 5.74) is 11.0. The first-order valence-corrected chi connectivity index (χ1v) is 20.2. The van der Waals surface area contributed by atoms with Gasteiger partial charge in [0.25, 0.3) is 0 Å². The zero-order chi connectivity index (χ0) is 37.5. The highest BCUT2D eigenvalue weighted by atomic mass is 32.1. The van der Waals surface area contributed by atoms with Gasteiger partial charge in [-0.1, -0.05) is 140 Å². The lowest BCUT2D eigenvalue weighted by atomic mass is 9.99. The SMILES string of the molecule is c1ccc(C2=NC(c3cccc4oc5cc(-c6cccc7c6sc6cccc(-n8c9ccccc9c9ccccc98)c67)ccc5c34)NC(c3ccccc3)N2)cc1. The van der Waals surface area contributed by atoms with Crippen LogP contribution in [0.1, 0.15) is 29.0 Å². The van der Waals surface area contributed by atoms with Crippen LogP contribution in [0.15, 0.2) is 191 Å². The van der Waals surface area contributed by atoms with E-state index in [1.54, 1.807) is 0 Å². The number of furan rings is 1. The lowest BCUT2D eigenvalue weighted by molar-refractivity contribution is 0.410. The quantitative estimate of drug-likeness (QED) is 0.184. The third-order valence-electron chi connectivity index (χ3n) is 11.5. The molecule has 57 heavy (non-hydrogen) atoms. The second-order valence-electron chi connectivity index (χ2n) is 14.7. The molecule has 2 unspecified atom stereocenters. The van der Waals surface area contributed by atoms with Crippen molar-refractivity contribution in [2.75, 3.05) is 0 Å². The molecule has 2 atom stereocenters. The Morgan fingerprint density at radius 3 is 2.05 bits per heavy atom. The zero-order valence-electron chi connectivity index (χ0n) is 30.7. The van der Waals surface area contributed by atoms with Crippen LogP contribution >= 0.6 is 11.3 Å². The Bertz CT molecular complexity index is 3320. The molecule has 0 radical (unpaired) electrons. The molecule has 0 saturated heterocycles. The number of hydrogen-bond acceptors (Lipinski definition) is 5. The Morgan fingerprint density at radius 1 is 0.544 bits per heavy atom. The van der Waals surface area contributed by atoms with E-state index in [2.05, 4.69) is 185 Å². The summed E-state index contributed by atoms with van der Waals surface area (Å²) in [7, 11) is 0. The molecule has 12 rings (SSSR count). The fraction of sp³-hybridized carbons (Fsp3) is 0.0392. The minimum Gasteiger partial charge on any atom is -0.456 e. The number of hydrogen-bond donors (Lipinski definition) is 2. The molecular formula is C51H34N4OS. The topological polar surface area (TPSA) is 54.5 Å². The summed E-state index contributed by atoms with van der Waals surface area (Å²) in [4.78, 5) is 5.27. The number of para-hydroxylation sites is 2. The summed E-state index contributed by atoms with van der Waals surface area (Å²) in [5, 5.41) is 14.7. The van der Waals surface area contributed by atoms with Crippen molar-refractivity contribution in [3.63, 3.8) is 0 Å². The van der Waals surface area contributed by atoms with E-state index >= 15 is 0 Å². The average Bonchev–Trinajstić information content (AvgIpc) is 3.96. The molecule has 1 aliphatic heterocycles. The summed E-state index contributed by atoms with van der Waals surface area (Å²) in [5.74, 6) is 0.859. The number of nitrogens with zero attached hydrogens (tertiary/aromatic N) is 2. The highest BCUT2D eigenvalue weighted by Gasteiger charge is 2.28. The van der Waals surface area contributed by atoms with E-state index in [9.17, 15) is 0 Å². The molecule has 11 aromatic rings. The second kappa shape index (κ2) is 12.8. The Hall–Kier alpha value is -6.99. The van der Waals surface area contributed by atoms with Crippen molar-refractivity contribution >= 4 is 81.1 Å². The number of rotatable bonds is 5. The van der Waals surface area contributed by atoms with Crippen molar-refractivity contribution in [2.45, 2.75) is 12.3 Å². The van der Waals surface area contributed by atoms with Crippen LogP contribution in [0.25, 0.3) is 80.7 Å². The van der Waals surface area contributed by atoms with E-state index in [0.29, 0.717) is 0 Å². The first-order chi connectivity index (χ1) is 28.3. The predicted octanol–water partition coefficient (Wildman–Crippen LogP) is 13.1. The van der Waals surface area contributed by atoms with Crippen molar-refractivity contribution in [1.29, 1.82) is 0 Å². The van der Waals surface area contributed by atoms with Gasteiger partial charge in [-0.15, -0.1) is 11.3 Å². The Labute approximate surface area is 332 Å². The fourth-order valence-corrected chi connectivity index (χ4v) is 10.2. The first-order valence-electron chi connectivity index (χ1n) is 19.4. The molecule has 0 saturated carbocycles. The molecule has 0 aliphatic carbocycles. The van der Waals surface area contributed by atoms with Crippen LogP contribution < -0.4 is 10.6 Å². The predicted molar refractivity (Wildman–Crippen MR) is 238 cm³/mol. The van der Waals surface area contributed by atoms with Crippen molar-refractivity contribution in [3.05, 3.63) is 199 Å². The van der Waals surface area contributed by atoms with Crippen LogP contribution in [-0.4, -0.2) is 10.4 Å². The van der Waals surface area contributed by atoms with E-state index in [1.165, 1.54) is 53.2 Å². The highest BCUT2D eigenvalue weighted by Crippen LogP contribution is 2.45. The molecule has 0 spiro atoms. The van der Waals surface area contributed by atoms with Gasteiger partial charge in [0.15, 0.2) is 0 Å². The Balaban J connectivity index is 0.996. The Kier molecular flexibility index (Phi) is 7.24. The molecule has 270 valence electrons. The third-order valence-corrected chi connectivity index (χ3v) is 12.7. The summed E-state index contributed by atoms with van der Waals surface area (Å²) < 4.78 is 11.7. The Morgan fingerprint density at radius 2 is 1.25 bits per heavy atom. The second-order valence-corrected chi connectivity index (χ2v) is 15.8. The summed E-state index contributed by atoms with van der Waals surface area (Å²) in [6.07, 6.45) is -0.423. The van der Waals surface area contributed by atoms with Crippen molar-refractivity contribution in [2.24, 2.45) is 4.99 Å². The van der Waals surface area contributed by atoms with Gasteiger partial charge >= 0.3 is 0 Å². The molecule has 8 aromatic carbocycles. The molecule has 2 N–H and O–H groups in total. The van der Waals surface area contributed by atoms with Crippen LogP contribution in [-0.2, 0) is 0 Å². The largest absolute Gasteiger partial charge is 0.456 e. The van der Waals surface area contributed by atoms with Gasteiger partial charge in [-0.25, -0.2) is 4.99 Å². The summed E-state index contributed by atoms with van der Waals surface area (Å²) in [6.45, 7) is 0. The van der Waals surface area contributed by atoms with E-state index in [-0.39, 0.29) is 12.3 Å². The molecule has 4 heterocycles. The summed E-state index contributed by atoms with van der Waals surface area (Å²) in [6, 6.07) is 64.8. The molecular weight excluding hydrogens is 717 g/mol. The number of aromatic nitrogens is 1. The van der Waals surface area contributed by atoms with Gasteiger partial charge in [-0.05, 0) is 59.2 Å². The van der Waals surface area contributed by atoms with Gasteiger partial charge in [0, 0.05) is 52.8 Å². The monoisotopic (exact) mass is 750 g/mol. The van der Waals surface area contributed by atoms with Crippen LogP contribution in [0, 0.1) is 0 Å². The molecule has 1 aliphatic rings. The maximum atomic E-state index is 6.70. The number of fused-ring (bicyclic) bond motifs is 9. The van der Waals surface area contributed by atoms with Crippen molar-refractivity contribution in [3.8, 4) is 16.8 Å². The number of aliphatic imine (C=N–C) groups is 1. The van der Waals surface area contributed by atoms with Gasteiger partial charge in [-0.3, -0.25) is 5.32 Å². The van der Waals surface area contributed by atoms with E-state index in [0.717, 1.165) is 50.0 Å². The van der Waals surface area contributed by atoms with Crippen LogP contribution in [0.5, 0.6) is 0 Å². The maximum Gasteiger partial charge on any atom is 0.136 e. The maximum absolute atomic E-state index is 6.70. The standard InChI is InChI=1S/C51H34N4OS/c1-3-14-31(15-4-1)49-52-50(32-16-5-2-6-17-32)54-51(53-49)39-22-12-26-43-46(39)37-29-28-33(30-44(37)56-43)34-20-11-21-38-47-42(25-13-27-45(47)57-48(34)38)55-40-23-9-7-18-35(40)36-19-8-10-24-41(36)55/h1-30,49,51,53H,(H,52,54). The lowest BCUT2D eigenvalue weighted by Gasteiger charge is -2.32. The van der Waals surface area contributed by atoms with Gasteiger partial charge < -0.3 is 14.3 Å². The number of nitrogens with one attached hydrogen (secondary N) is 2.